The average Bonchev–Trinajstić information content (AvgIpc) is 3.27. The predicted molar refractivity (Wildman–Crippen MR) is 137 cm³/mol. The van der Waals surface area contributed by atoms with E-state index in [0.717, 1.165) is 32.7 Å². The fraction of sp³-hybridized carbons (Fsp3) is 0.846. The molecule has 0 bridgehead atoms. The molecule has 0 aromatic heterocycles. The number of nitrogens with zero attached hydrogens (tertiary/aromatic N) is 2. The van der Waals surface area contributed by atoms with E-state index in [1.165, 1.54) is 77.2 Å². The molecule has 0 radical (unpaired) electrons. The molecule has 0 aromatic rings. The summed E-state index contributed by atoms with van der Waals surface area (Å²) in [5.74, 6) is 0. The van der Waals surface area contributed by atoms with Crippen LogP contribution in [0.15, 0.2) is 24.8 Å². The lowest BCUT2D eigenvalue weighted by Crippen LogP contribution is -2.39. The zero-order valence-electron chi connectivity index (χ0n) is 21.2. The fourth-order valence-electron chi connectivity index (χ4n) is 3.70. The summed E-state index contributed by atoms with van der Waals surface area (Å²) in [6.07, 6.45) is 24.7. The van der Waals surface area contributed by atoms with E-state index >= 15 is 0 Å². The minimum absolute atomic E-state index is 0.263. The molecule has 31 heavy (non-hydrogen) atoms. The second-order valence-electron chi connectivity index (χ2n) is 9.79. The van der Waals surface area contributed by atoms with Gasteiger partial charge in [0, 0.05) is 57.0 Å². The second-order valence-corrected chi connectivity index (χ2v) is 9.79. The van der Waals surface area contributed by atoms with Crippen molar-refractivity contribution in [3.63, 3.8) is 0 Å². The summed E-state index contributed by atoms with van der Waals surface area (Å²) in [6.45, 7) is 12.2. The molecule has 0 saturated heterocycles. The van der Waals surface area contributed by atoms with Gasteiger partial charge >= 0.3 is 0 Å². The largest absolute Gasteiger partial charge is 0.390 e. The van der Waals surface area contributed by atoms with Gasteiger partial charge in [-0.05, 0) is 46.1 Å². The van der Waals surface area contributed by atoms with Crippen LogP contribution in [0.3, 0.4) is 0 Å². The van der Waals surface area contributed by atoms with Crippen LogP contribution in [0.4, 0.5) is 0 Å². The summed E-state index contributed by atoms with van der Waals surface area (Å²) in [5.41, 5.74) is 0.263. The van der Waals surface area contributed by atoms with Crippen molar-refractivity contribution in [1.29, 1.82) is 0 Å². The fourth-order valence-corrected chi connectivity index (χ4v) is 3.70. The van der Waals surface area contributed by atoms with Crippen LogP contribution in [-0.4, -0.2) is 55.2 Å². The standard InChI is InChI=1S/C26H53N5/c1-5-26(2,3)29-18-16-17-27-19-23-30(4)21-14-12-10-8-6-7-9-11-13-15-22-31-24-20-28-25-31/h19-20,23-24,27-29H,5-18,21-22,25H2,1-4H3/b23-19-. The molecule has 1 aliphatic rings. The predicted octanol–water partition coefficient (Wildman–Crippen LogP) is 5.38. The number of nitrogens with one attached hydrogen (secondary N) is 3. The van der Waals surface area contributed by atoms with Crippen molar-refractivity contribution in [3.8, 4) is 0 Å². The molecule has 182 valence electrons. The SMILES string of the molecule is CCC(C)(C)NCCCN/C=C\N(C)CCCCCCCCCCCCN1C=CNC1. The maximum atomic E-state index is 3.60. The smallest absolute Gasteiger partial charge is 0.0867 e. The molecule has 1 heterocycles. The summed E-state index contributed by atoms with van der Waals surface area (Å²) < 4.78 is 0. The Labute approximate surface area is 194 Å². The molecule has 0 unspecified atom stereocenters. The topological polar surface area (TPSA) is 42.6 Å². The lowest BCUT2D eigenvalue weighted by atomic mass is 10.0. The first-order valence-corrected chi connectivity index (χ1v) is 13.0. The maximum absolute atomic E-state index is 3.60. The molecule has 5 nitrogen and oxygen atoms in total. The van der Waals surface area contributed by atoms with Crippen molar-refractivity contribution >= 4 is 0 Å². The number of hydrogen-bond acceptors (Lipinski definition) is 5. The Morgan fingerprint density at radius 1 is 0.935 bits per heavy atom. The Morgan fingerprint density at radius 2 is 1.58 bits per heavy atom. The highest BCUT2D eigenvalue weighted by atomic mass is 15.2. The van der Waals surface area contributed by atoms with Crippen LogP contribution < -0.4 is 16.0 Å². The van der Waals surface area contributed by atoms with E-state index in [0.29, 0.717) is 0 Å². The highest BCUT2D eigenvalue weighted by Gasteiger charge is 2.12. The van der Waals surface area contributed by atoms with Crippen LogP contribution in [0, 0.1) is 0 Å². The third kappa shape index (κ3) is 16.9. The summed E-state index contributed by atoms with van der Waals surface area (Å²) in [5, 5.41) is 10.2. The van der Waals surface area contributed by atoms with Gasteiger partial charge in [0.1, 0.15) is 0 Å². The summed E-state index contributed by atoms with van der Waals surface area (Å²) >= 11 is 0. The summed E-state index contributed by atoms with van der Waals surface area (Å²) in [6, 6.07) is 0. The molecule has 5 heteroatoms. The monoisotopic (exact) mass is 435 g/mol. The van der Waals surface area contributed by atoms with Crippen molar-refractivity contribution in [2.75, 3.05) is 39.9 Å². The van der Waals surface area contributed by atoms with E-state index < -0.39 is 0 Å². The summed E-state index contributed by atoms with van der Waals surface area (Å²) in [7, 11) is 2.18. The van der Waals surface area contributed by atoms with E-state index in [9.17, 15) is 0 Å². The van der Waals surface area contributed by atoms with Gasteiger partial charge in [-0.25, -0.2) is 0 Å². The number of hydrogen-bond donors (Lipinski definition) is 3. The van der Waals surface area contributed by atoms with Crippen molar-refractivity contribution in [3.05, 3.63) is 24.8 Å². The molecule has 0 atom stereocenters. The highest BCUT2D eigenvalue weighted by Crippen LogP contribution is 2.11. The van der Waals surface area contributed by atoms with Crippen LogP contribution in [0.2, 0.25) is 0 Å². The van der Waals surface area contributed by atoms with Crippen LogP contribution in [0.25, 0.3) is 0 Å². The van der Waals surface area contributed by atoms with E-state index in [4.69, 9.17) is 0 Å². The Hall–Kier alpha value is -1.36. The zero-order valence-corrected chi connectivity index (χ0v) is 21.2. The van der Waals surface area contributed by atoms with Crippen LogP contribution in [0.5, 0.6) is 0 Å². The first kappa shape index (κ1) is 27.7. The van der Waals surface area contributed by atoms with Crippen LogP contribution in [0.1, 0.15) is 97.8 Å². The third-order valence-corrected chi connectivity index (χ3v) is 6.34. The minimum Gasteiger partial charge on any atom is -0.390 e. The van der Waals surface area contributed by atoms with Gasteiger partial charge in [-0.15, -0.1) is 0 Å². The number of rotatable bonds is 21. The molecule has 3 N–H and O–H groups in total. The molecule has 1 aliphatic heterocycles. The van der Waals surface area contributed by atoms with Gasteiger partial charge in [0.25, 0.3) is 0 Å². The second kappa shape index (κ2) is 18.2. The molecule has 0 saturated carbocycles. The van der Waals surface area contributed by atoms with Crippen molar-refractivity contribution in [2.45, 2.75) is 103 Å². The average molecular weight is 436 g/mol. The van der Waals surface area contributed by atoms with Gasteiger partial charge in [-0.1, -0.05) is 58.3 Å². The third-order valence-electron chi connectivity index (χ3n) is 6.34. The Morgan fingerprint density at radius 3 is 2.19 bits per heavy atom. The summed E-state index contributed by atoms with van der Waals surface area (Å²) in [4.78, 5) is 4.66. The van der Waals surface area contributed by atoms with E-state index in [1.807, 2.05) is 6.20 Å². The first-order valence-electron chi connectivity index (χ1n) is 13.0. The highest BCUT2D eigenvalue weighted by molar-refractivity contribution is 4.86. The molecule has 1 rings (SSSR count). The normalized spacial score (nSPS) is 13.9. The van der Waals surface area contributed by atoms with Crippen molar-refractivity contribution < 1.29 is 0 Å². The first-order chi connectivity index (χ1) is 15.0. The van der Waals surface area contributed by atoms with Gasteiger partial charge in [0.05, 0.1) is 6.67 Å². The Balaban J connectivity index is 1.78. The van der Waals surface area contributed by atoms with Gasteiger partial charge in [-0.2, -0.15) is 0 Å². The lowest BCUT2D eigenvalue weighted by molar-refractivity contribution is 0.374. The van der Waals surface area contributed by atoms with Crippen molar-refractivity contribution in [1.82, 2.24) is 25.8 Å². The lowest BCUT2D eigenvalue weighted by Gasteiger charge is -2.24. The molecule has 0 amide bonds. The van der Waals surface area contributed by atoms with Gasteiger partial charge in [0.15, 0.2) is 0 Å². The molecule has 0 aliphatic carbocycles. The minimum atomic E-state index is 0.263. The molecular formula is C26H53N5. The van der Waals surface area contributed by atoms with Crippen LogP contribution in [-0.2, 0) is 0 Å². The maximum Gasteiger partial charge on any atom is 0.0867 e. The van der Waals surface area contributed by atoms with Crippen molar-refractivity contribution in [2.24, 2.45) is 0 Å². The molecule has 0 aromatic carbocycles. The molecule has 0 fully saturated rings. The Bertz CT molecular complexity index is 461. The molecular weight excluding hydrogens is 382 g/mol. The Kier molecular flexibility index (Phi) is 16.3. The van der Waals surface area contributed by atoms with E-state index in [-0.39, 0.29) is 5.54 Å². The van der Waals surface area contributed by atoms with Gasteiger partial charge in [0.2, 0.25) is 0 Å². The van der Waals surface area contributed by atoms with E-state index in [1.54, 1.807) is 0 Å². The quantitative estimate of drug-likeness (QED) is 0.211. The van der Waals surface area contributed by atoms with Gasteiger partial charge < -0.3 is 25.8 Å². The number of unbranched alkanes of at least 4 members (excludes halogenated alkanes) is 9. The van der Waals surface area contributed by atoms with Crippen LogP contribution >= 0.6 is 0 Å². The molecule has 0 spiro atoms. The van der Waals surface area contributed by atoms with Gasteiger partial charge in [-0.3, -0.25) is 0 Å². The zero-order chi connectivity index (χ0) is 22.6. The van der Waals surface area contributed by atoms with E-state index in [2.05, 4.69) is 72.2 Å².